The second kappa shape index (κ2) is 8.86. The fraction of sp³-hybridized carbons (Fsp3) is 0.0286. The number of aryl methyl sites for hydroxylation is 1. The van der Waals surface area contributed by atoms with Crippen molar-refractivity contribution in [3.05, 3.63) is 119 Å². The maximum Gasteiger partial charge on any atom is 0.101 e. The molecule has 0 N–H and O–H groups in total. The summed E-state index contributed by atoms with van der Waals surface area (Å²) in [5.74, 6) is 0. The van der Waals surface area contributed by atoms with Crippen molar-refractivity contribution in [2.45, 2.75) is 6.92 Å². The Balaban J connectivity index is 1.67. The van der Waals surface area contributed by atoms with Crippen molar-refractivity contribution in [2.24, 2.45) is 0 Å². The summed E-state index contributed by atoms with van der Waals surface area (Å²) in [5.41, 5.74) is 7.73. The first-order valence-corrected chi connectivity index (χ1v) is 12.9. The van der Waals surface area contributed by atoms with Crippen molar-refractivity contribution in [1.29, 1.82) is 21.0 Å². The summed E-state index contributed by atoms with van der Waals surface area (Å²) in [7, 11) is 0. The van der Waals surface area contributed by atoms with Crippen LogP contribution < -0.4 is 0 Å². The van der Waals surface area contributed by atoms with Crippen molar-refractivity contribution in [2.75, 3.05) is 0 Å². The van der Waals surface area contributed by atoms with Crippen molar-refractivity contribution in [3.8, 4) is 35.7 Å². The first kappa shape index (κ1) is 23.8. The second-order valence-electron chi connectivity index (χ2n) is 9.96. The number of benzene rings is 5. The molecule has 0 saturated heterocycles. The summed E-state index contributed by atoms with van der Waals surface area (Å²) in [5, 5.41) is 43.1. The van der Waals surface area contributed by atoms with Crippen LogP contribution in [0.4, 0.5) is 0 Å². The van der Waals surface area contributed by atoms with Crippen LogP contribution in [-0.4, -0.2) is 9.13 Å². The summed E-state index contributed by atoms with van der Waals surface area (Å²) in [6.45, 7) is 1.88. The van der Waals surface area contributed by atoms with E-state index in [1.807, 2.05) is 55.5 Å². The molecule has 0 atom stereocenters. The lowest BCUT2D eigenvalue weighted by atomic mass is 10.0. The molecule has 0 radical (unpaired) electrons. The molecule has 2 aromatic heterocycles. The average molecular weight is 523 g/mol. The van der Waals surface area contributed by atoms with Gasteiger partial charge in [0.25, 0.3) is 0 Å². The summed E-state index contributed by atoms with van der Waals surface area (Å²) in [4.78, 5) is 0. The second-order valence-corrected chi connectivity index (χ2v) is 9.96. The van der Waals surface area contributed by atoms with Gasteiger partial charge in [0.1, 0.15) is 12.1 Å². The number of rotatable bonds is 2. The van der Waals surface area contributed by atoms with Crippen LogP contribution in [0.15, 0.2) is 91.0 Å². The van der Waals surface area contributed by atoms with Crippen molar-refractivity contribution < 1.29 is 0 Å². The summed E-state index contributed by atoms with van der Waals surface area (Å²) >= 11 is 0. The summed E-state index contributed by atoms with van der Waals surface area (Å²) in [6, 6.07) is 38.1. The molecule has 0 spiro atoms. The lowest BCUT2D eigenvalue weighted by Gasteiger charge is -2.12. The van der Waals surface area contributed by atoms with E-state index in [9.17, 15) is 21.0 Å². The maximum absolute atomic E-state index is 10.1. The van der Waals surface area contributed by atoms with Gasteiger partial charge in [-0.3, -0.25) is 0 Å². The van der Waals surface area contributed by atoms with Gasteiger partial charge in [0.05, 0.1) is 67.8 Å². The maximum atomic E-state index is 10.1. The van der Waals surface area contributed by atoms with Crippen LogP contribution in [0.5, 0.6) is 0 Å². The molecule has 7 aromatic rings. The molecule has 5 aromatic carbocycles. The van der Waals surface area contributed by atoms with Gasteiger partial charge >= 0.3 is 0 Å². The third-order valence-electron chi connectivity index (χ3n) is 7.78. The zero-order valence-corrected chi connectivity index (χ0v) is 21.8. The van der Waals surface area contributed by atoms with Gasteiger partial charge in [0.2, 0.25) is 0 Å². The molecule has 0 aliphatic heterocycles. The van der Waals surface area contributed by atoms with Gasteiger partial charge < -0.3 is 9.13 Å². The Kier molecular flexibility index (Phi) is 5.13. The standard InChI is InChI=1S/C35H18N6/c1-21-12-33(25(20-39)14-23(21)18-37)41-32-9-5-3-7-27(32)29-15-34-28(16-35(29)41)26-6-2-4-8-31(26)40(34)30-11-10-22(17-36)13-24(30)19-38/h2-16H,1H3. The van der Waals surface area contributed by atoms with Crippen LogP contribution in [0.2, 0.25) is 0 Å². The molecule has 7 rings (SSSR count). The minimum Gasteiger partial charge on any atom is -0.308 e. The Bertz CT molecular complexity index is 2430. The molecule has 2 heterocycles. The third kappa shape index (κ3) is 3.33. The third-order valence-corrected chi connectivity index (χ3v) is 7.78. The molecular weight excluding hydrogens is 504 g/mol. The normalized spacial score (nSPS) is 11.0. The number of nitrogens with zero attached hydrogens (tertiary/aromatic N) is 6. The highest BCUT2D eigenvalue weighted by Gasteiger charge is 2.21. The highest BCUT2D eigenvalue weighted by Crippen LogP contribution is 2.40. The predicted molar refractivity (Wildman–Crippen MR) is 159 cm³/mol. The van der Waals surface area contributed by atoms with Gasteiger partial charge in [-0.1, -0.05) is 36.4 Å². The molecular formula is C35H18N6. The van der Waals surface area contributed by atoms with E-state index in [1.165, 1.54) is 0 Å². The highest BCUT2D eigenvalue weighted by atomic mass is 15.0. The summed E-state index contributed by atoms with van der Waals surface area (Å²) in [6.07, 6.45) is 0. The molecule has 0 unspecified atom stereocenters. The molecule has 6 nitrogen and oxygen atoms in total. The van der Waals surface area contributed by atoms with Crippen molar-refractivity contribution in [3.63, 3.8) is 0 Å². The number of hydrogen-bond acceptors (Lipinski definition) is 4. The minimum atomic E-state index is 0.418. The summed E-state index contributed by atoms with van der Waals surface area (Å²) < 4.78 is 4.19. The van der Waals surface area contributed by atoms with Gasteiger partial charge in [0, 0.05) is 21.5 Å². The Labute approximate surface area is 235 Å². The van der Waals surface area contributed by atoms with Gasteiger partial charge in [-0.05, 0) is 67.1 Å². The number of nitriles is 4. The topological polar surface area (TPSA) is 105 Å². The largest absolute Gasteiger partial charge is 0.308 e. The van der Waals surface area contributed by atoms with E-state index < -0.39 is 0 Å². The highest BCUT2D eigenvalue weighted by molar-refractivity contribution is 6.19. The van der Waals surface area contributed by atoms with Gasteiger partial charge in [-0.2, -0.15) is 21.0 Å². The molecule has 0 aliphatic carbocycles. The van der Waals surface area contributed by atoms with Crippen molar-refractivity contribution in [1.82, 2.24) is 9.13 Å². The predicted octanol–water partition coefficient (Wildman–Crippen LogP) is 7.68. The lowest BCUT2D eigenvalue weighted by Crippen LogP contribution is -2.00. The molecule has 6 heteroatoms. The molecule has 0 fully saturated rings. The van der Waals surface area contributed by atoms with Crippen LogP contribution in [0.25, 0.3) is 55.0 Å². The van der Waals surface area contributed by atoms with E-state index in [1.54, 1.807) is 18.2 Å². The number of para-hydroxylation sites is 2. The zero-order chi connectivity index (χ0) is 28.2. The monoisotopic (exact) mass is 522 g/mol. The van der Waals surface area contributed by atoms with Gasteiger partial charge in [-0.25, -0.2) is 0 Å². The minimum absolute atomic E-state index is 0.418. The fourth-order valence-corrected chi connectivity index (χ4v) is 5.93. The molecule has 0 aliphatic rings. The van der Waals surface area contributed by atoms with E-state index in [0.29, 0.717) is 27.9 Å². The molecule has 41 heavy (non-hydrogen) atoms. The first-order chi connectivity index (χ1) is 20.1. The van der Waals surface area contributed by atoms with Crippen molar-refractivity contribution >= 4 is 43.6 Å². The number of hydrogen-bond donors (Lipinski definition) is 0. The van der Waals surface area contributed by atoms with E-state index in [-0.39, 0.29) is 0 Å². The van der Waals surface area contributed by atoms with E-state index >= 15 is 0 Å². The molecule has 0 amide bonds. The smallest absolute Gasteiger partial charge is 0.101 e. The Morgan fingerprint density at radius 1 is 0.463 bits per heavy atom. The average Bonchev–Trinajstić information content (AvgIpc) is 3.51. The Morgan fingerprint density at radius 3 is 1.56 bits per heavy atom. The fourth-order valence-electron chi connectivity index (χ4n) is 5.93. The molecule has 0 bridgehead atoms. The zero-order valence-electron chi connectivity index (χ0n) is 21.8. The van der Waals surface area contributed by atoms with Crippen LogP contribution in [0.3, 0.4) is 0 Å². The quantitative estimate of drug-likeness (QED) is 0.232. The van der Waals surface area contributed by atoms with E-state index in [0.717, 1.165) is 54.9 Å². The van der Waals surface area contributed by atoms with Crippen LogP contribution in [0, 0.1) is 52.2 Å². The first-order valence-electron chi connectivity index (χ1n) is 12.9. The van der Waals surface area contributed by atoms with Gasteiger partial charge in [0.15, 0.2) is 0 Å². The van der Waals surface area contributed by atoms with Crippen LogP contribution in [0.1, 0.15) is 27.8 Å². The Hall–Kier alpha value is -6.34. The number of aromatic nitrogens is 2. The molecule has 0 saturated carbocycles. The van der Waals surface area contributed by atoms with Gasteiger partial charge in [-0.15, -0.1) is 0 Å². The van der Waals surface area contributed by atoms with Crippen LogP contribution in [-0.2, 0) is 0 Å². The van der Waals surface area contributed by atoms with E-state index in [2.05, 4.69) is 57.7 Å². The SMILES string of the molecule is Cc1cc(-n2c3ccccc3c3cc4c(cc32)c2ccccc2n4-c2ccc(C#N)cc2C#N)c(C#N)cc1C#N. The molecule has 188 valence electrons. The van der Waals surface area contributed by atoms with Crippen LogP contribution >= 0.6 is 0 Å². The van der Waals surface area contributed by atoms with E-state index in [4.69, 9.17) is 0 Å². The Morgan fingerprint density at radius 2 is 1.00 bits per heavy atom. The lowest BCUT2D eigenvalue weighted by molar-refractivity contribution is 1.15. The number of fused-ring (bicyclic) bond motifs is 6.